The van der Waals surface area contributed by atoms with Gasteiger partial charge in [0.1, 0.15) is 11.0 Å². The molecule has 2 atom stereocenters. The normalized spacial score (nSPS) is 23.9. The van der Waals surface area contributed by atoms with Crippen LogP contribution in [0, 0.1) is 5.92 Å². The Bertz CT molecular complexity index is 390. The van der Waals surface area contributed by atoms with Gasteiger partial charge in [0.2, 0.25) is 5.95 Å². The molecule has 1 aromatic rings. The molecule has 1 aromatic heterocycles. The molecule has 1 aliphatic rings. The second-order valence-electron chi connectivity index (χ2n) is 5.04. The average Bonchev–Trinajstić information content (AvgIpc) is 2.36. The summed E-state index contributed by atoms with van der Waals surface area (Å²) in [6.45, 7) is 2.26. The van der Waals surface area contributed by atoms with Crippen LogP contribution in [0.2, 0.25) is 5.15 Å². The zero-order chi connectivity index (χ0) is 13.1. The van der Waals surface area contributed by atoms with Gasteiger partial charge >= 0.3 is 0 Å². The highest BCUT2D eigenvalue weighted by Gasteiger charge is 2.28. The lowest BCUT2D eigenvalue weighted by atomic mass is 9.82. The lowest BCUT2D eigenvalue weighted by Gasteiger charge is -2.38. The third kappa shape index (κ3) is 2.86. The van der Waals surface area contributed by atoms with Gasteiger partial charge in [0.05, 0.1) is 0 Å². The molecule has 0 saturated heterocycles. The van der Waals surface area contributed by atoms with Gasteiger partial charge in [-0.05, 0) is 18.8 Å². The van der Waals surface area contributed by atoms with Crippen molar-refractivity contribution in [2.75, 3.05) is 17.7 Å². The van der Waals surface area contributed by atoms with Gasteiger partial charge in [0, 0.05) is 19.2 Å². The predicted molar refractivity (Wildman–Crippen MR) is 75.9 cm³/mol. The monoisotopic (exact) mass is 268 g/mol. The average molecular weight is 269 g/mol. The summed E-state index contributed by atoms with van der Waals surface area (Å²) >= 11 is 5.95. The van der Waals surface area contributed by atoms with Crippen LogP contribution in [0.4, 0.5) is 11.8 Å². The van der Waals surface area contributed by atoms with Crippen molar-refractivity contribution in [1.82, 2.24) is 9.97 Å². The highest BCUT2D eigenvalue weighted by Crippen LogP contribution is 2.32. The Hall–Kier alpha value is -1.03. The van der Waals surface area contributed by atoms with Crippen molar-refractivity contribution in [2.45, 2.75) is 45.1 Å². The maximum absolute atomic E-state index is 5.95. The summed E-state index contributed by atoms with van der Waals surface area (Å²) in [6.07, 6.45) is 6.37. The Morgan fingerprint density at radius 1 is 1.39 bits per heavy atom. The van der Waals surface area contributed by atoms with Crippen LogP contribution in [-0.4, -0.2) is 23.1 Å². The molecule has 1 aliphatic carbocycles. The Kier molecular flexibility index (Phi) is 4.27. The minimum absolute atomic E-state index is 0.244. The summed E-state index contributed by atoms with van der Waals surface area (Å²) in [5.41, 5.74) is 5.66. The topological polar surface area (TPSA) is 55.0 Å². The van der Waals surface area contributed by atoms with Gasteiger partial charge in [-0.25, -0.2) is 4.98 Å². The van der Waals surface area contributed by atoms with E-state index in [1.54, 1.807) is 6.07 Å². The van der Waals surface area contributed by atoms with Crippen LogP contribution in [0.1, 0.15) is 39.0 Å². The van der Waals surface area contributed by atoms with Crippen molar-refractivity contribution < 1.29 is 0 Å². The molecule has 100 valence electrons. The van der Waals surface area contributed by atoms with Crippen molar-refractivity contribution in [1.29, 1.82) is 0 Å². The molecule has 2 N–H and O–H groups in total. The summed E-state index contributed by atoms with van der Waals surface area (Å²) in [4.78, 5) is 10.4. The summed E-state index contributed by atoms with van der Waals surface area (Å²) < 4.78 is 0. The van der Waals surface area contributed by atoms with E-state index < -0.39 is 0 Å². The van der Waals surface area contributed by atoms with Crippen molar-refractivity contribution in [3.63, 3.8) is 0 Å². The Labute approximate surface area is 114 Å². The predicted octanol–water partition coefficient (Wildman–Crippen LogP) is 3.12. The third-order valence-electron chi connectivity index (χ3n) is 3.95. The first-order valence-corrected chi connectivity index (χ1v) is 7.02. The van der Waals surface area contributed by atoms with Crippen LogP contribution < -0.4 is 10.6 Å². The zero-order valence-electron chi connectivity index (χ0n) is 11.1. The summed E-state index contributed by atoms with van der Waals surface area (Å²) in [5, 5.41) is 0.410. The van der Waals surface area contributed by atoms with Crippen LogP contribution in [0.5, 0.6) is 0 Å². The van der Waals surface area contributed by atoms with Gasteiger partial charge in [0.25, 0.3) is 0 Å². The SMILES string of the molecule is CCC1CCCCC1N(C)c1cc(Cl)nc(N)n1. The minimum Gasteiger partial charge on any atom is -0.368 e. The number of nitrogen functional groups attached to an aromatic ring is 1. The lowest BCUT2D eigenvalue weighted by molar-refractivity contribution is 0.291. The van der Waals surface area contributed by atoms with Crippen molar-refractivity contribution in [2.24, 2.45) is 5.92 Å². The molecule has 18 heavy (non-hydrogen) atoms. The molecular formula is C13H21ClN4. The molecule has 1 heterocycles. The number of nitrogens with two attached hydrogens (primary N) is 1. The highest BCUT2D eigenvalue weighted by atomic mass is 35.5. The Morgan fingerprint density at radius 3 is 2.78 bits per heavy atom. The summed E-state index contributed by atoms with van der Waals surface area (Å²) in [6, 6.07) is 2.33. The van der Waals surface area contributed by atoms with Gasteiger partial charge in [-0.2, -0.15) is 4.98 Å². The number of hydrogen-bond acceptors (Lipinski definition) is 4. The smallest absolute Gasteiger partial charge is 0.223 e. The number of nitrogens with zero attached hydrogens (tertiary/aromatic N) is 3. The molecule has 1 saturated carbocycles. The van der Waals surface area contributed by atoms with Crippen LogP contribution in [0.15, 0.2) is 6.07 Å². The Balaban J connectivity index is 2.20. The van der Waals surface area contributed by atoms with Gasteiger partial charge in [-0.15, -0.1) is 0 Å². The first kappa shape index (κ1) is 13.4. The maximum atomic E-state index is 5.95. The van der Waals surface area contributed by atoms with Crippen LogP contribution in [0.3, 0.4) is 0 Å². The fourth-order valence-electron chi connectivity index (χ4n) is 2.95. The van der Waals surface area contributed by atoms with E-state index >= 15 is 0 Å². The molecule has 0 radical (unpaired) electrons. The molecule has 0 bridgehead atoms. The van der Waals surface area contributed by atoms with Gasteiger partial charge in [-0.1, -0.05) is 37.8 Å². The van der Waals surface area contributed by atoms with E-state index in [9.17, 15) is 0 Å². The fourth-order valence-corrected chi connectivity index (χ4v) is 3.13. The molecule has 0 amide bonds. The van der Waals surface area contributed by atoms with E-state index in [4.69, 9.17) is 17.3 Å². The molecular weight excluding hydrogens is 248 g/mol. The van der Waals surface area contributed by atoms with E-state index in [0.29, 0.717) is 11.2 Å². The standard InChI is InChI=1S/C13H21ClN4/c1-3-9-6-4-5-7-10(9)18(2)12-8-11(14)16-13(15)17-12/h8-10H,3-7H2,1-2H3,(H2,15,16,17). The molecule has 0 aromatic carbocycles. The highest BCUT2D eigenvalue weighted by molar-refractivity contribution is 6.29. The number of anilines is 2. The molecule has 5 heteroatoms. The van der Waals surface area contributed by atoms with Gasteiger partial charge in [-0.3, -0.25) is 0 Å². The van der Waals surface area contributed by atoms with Crippen molar-refractivity contribution in [3.8, 4) is 0 Å². The van der Waals surface area contributed by atoms with E-state index in [2.05, 4.69) is 28.8 Å². The molecule has 2 rings (SSSR count). The van der Waals surface area contributed by atoms with E-state index in [1.807, 2.05) is 0 Å². The van der Waals surface area contributed by atoms with E-state index in [1.165, 1.54) is 32.1 Å². The number of aromatic nitrogens is 2. The van der Waals surface area contributed by atoms with E-state index in [-0.39, 0.29) is 5.95 Å². The first-order valence-electron chi connectivity index (χ1n) is 6.64. The summed E-state index contributed by atoms with van der Waals surface area (Å²) in [7, 11) is 2.08. The first-order chi connectivity index (χ1) is 8.61. The van der Waals surface area contributed by atoms with Crippen LogP contribution in [0.25, 0.3) is 0 Å². The van der Waals surface area contributed by atoms with Crippen molar-refractivity contribution >= 4 is 23.4 Å². The quantitative estimate of drug-likeness (QED) is 0.856. The largest absolute Gasteiger partial charge is 0.368 e. The molecule has 2 unspecified atom stereocenters. The second-order valence-corrected chi connectivity index (χ2v) is 5.43. The number of rotatable bonds is 3. The van der Waals surface area contributed by atoms with E-state index in [0.717, 1.165) is 11.7 Å². The van der Waals surface area contributed by atoms with Gasteiger partial charge in [0.15, 0.2) is 0 Å². The fraction of sp³-hybridized carbons (Fsp3) is 0.692. The van der Waals surface area contributed by atoms with Gasteiger partial charge < -0.3 is 10.6 Å². The molecule has 0 spiro atoms. The molecule has 1 fully saturated rings. The maximum Gasteiger partial charge on any atom is 0.223 e. The third-order valence-corrected chi connectivity index (χ3v) is 4.14. The number of hydrogen-bond donors (Lipinski definition) is 1. The molecule has 0 aliphatic heterocycles. The summed E-state index contributed by atoms with van der Waals surface area (Å²) in [5.74, 6) is 1.81. The van der Waals surface area contributed by atoms with Crippen molar-refractivity contribution in [3.05, 3.63) is 11.2 Å². The lowest BCUT2D eigenvalue weighted by Crippen LogP contribution is -2.40. The second kappa shape index (κ2) is 5.74. The zero-order valence-corrected chi connectivity index (χ0v) is 11.8. The van der Waals surface area contributed by atoms with Crippen LogP contribution >= 0.6 is 11.6 Å². The molecule has 4 nitrogen and oxygen atoms in total. The minimum atomic E-state index is 0.244. The van der Waals surface area contributed by atoms with Crippen LogP contribution in [-0.2, 0) is 0 Å². The number of halogens is 1. The Morgan fingerprint density at radius 2 is 2.11 bits per heavy atom.